The van der Waals surface area contributed by atoms with Gasteiger partial charge in [-0.15, -0.1) is 6.58 Å². The Morgan fingerprint density at radius 2 is 1.47 bits per heavy atom. The van der Waals surface area contributed by atoms with Crippen LogP contribution in [0.4, 0.5) is 0 Å². The van der Waals surface area contributed by atoms with E-state index in [1.165, 1.54) is 51.4 Å². The van der Waals surface area contributed by atoms with Gasteiger partial charge in [0.05, 0.1) is 6.61 Å². The van der Waals surface area contributed by atoms with Gasteiger partial charge in [0.1, 0.15) is 0 Å². The van der Waals surface area contributed by atoms with Gasteiger partial charge in [0.15, 0.2) is 0 Å². The Bertz CT molecular complexity index is 126. The zero-order valence-corrected chi connectivity index (χ0v) is 10.0. The molecule has 0 unspecified atom stereocenters. The first kappa shape index (κ1) is 14.7. The van der Waals surface area contributed by atoms with Gasteiger partial charge in [-0.1, -0.05) is 38.2 Å². The Kier molecular flexibility index (Phi) is 13.4. The highest BCUT2D eigenvalue weighted by Crippen LogP contribution is 2.08. The van der Waals surface area contributed by atoms with Crippen LogP contribution < -0.4 is 5.32 Å². The summed E-state index contributed by atoms with van der Waals surface area (Å²) in [6.07, 6.45) is 12.5. The van der Waals surface area contributed by atoms with Gasteiger partial charge in [-0.25, -0.2) is 0 Å². The fourth-order valence-corrected chi connectivity index (χ4v) is 1.63. The highest BCUT2D eigenvalue weighted by Gasteiger charge is 1.91. The Morgan fingerprint density at radius 1 is 0.867 bits per heavy atom. The molecule has 0 aliphatic carbocycles. The van der Waals surface area contributed by atoms with E-state index >= 15 is 0 Å². The molecule has 0 aromatic heterocycles. The third-order valence-corrected chi connectivity index (χ3v) is 2.55. The number of aliphatic hydroxyl groups is 1. The van der Waals surface area contributed by atoms with Crippen LogP contribution in [0.5, 0.6) is 0 Å². The standard InChI is InChI=1S/C13H27NO/c1-2-3-4-5-6-7-8-9-10-11-14-12-13-15/h2,14-15H,1,3-13H2. The van der Waals surface area contributed by atoms with Crippen molar-refractivity contribution >= 4 is 0 Å². The maximum atomic E-state index is 8.54. The van der Waals surface area contributed by atoms with Gasteiger partial charge < -0.3 is 10.4 Å². The molecule has 0 amide bonds. The molecule has 0 rings (SSSR count). The van der Waals surface area contributed by atoms with Crippen LogP contribution in [0, 0.1) is 0 Å². The highest BCUT2D eigenvalue weighted by molar-refractivity contribution is 4.65. The lowest BCUT2D eigenvalue weighted by Crippen LogP contribution is -2.19. The fourth-order valence-electron chi connectivity index (χ4n) is 1.63. The van der Waals surface area contributed by atoms with Crippen LogP contribution in [0.3, 0.4) is 0 Å². The van der Waals surface area contributed by atoms with Crippen molar-refractivity contribution in [3.63, 3.8) is 0 Å². The molecule has 0 atom stereocenters. The van der Waals surface area contributed by atoms with Crippen molar-refractivity contribution in [3.8, 4) is 0 Å². The summed E-state index contributed by atoms with van der Waals surface area (Å²) in [4.78, 5) is 0. The van der Waals surface area contributed by atoms with Gasteiger partial charge >= 0.3 is 0 Å². The number of hydrogen-bond donors (Lipinski definition) is 2. The largest absolute Gasteiger partial charge is 0.395 e. The predicted octanol–water partition coefficient (Wildman–Crippen LogP) is 2.88. The number of rotatable bonds is 12. The summed E-state index contributed by atoms with van der Waals surface area (Å²) in [5, 5.41) is 11.7. The quantitative estimate of drug-likeness (QED) is 0.386. The molecule has 90 valence electrons. The molecule has 2 N–H and O–H groups in total. The van der Waals surface area contributed by atoms with E-state index in [0.717, 1.165) is 13.1 Å². The monoisotopic (exact) mass is 213 g/mol. The maximum Gasteiger partial charge on any atom is 0.0555 e. The molecule has 0 aliphatic heterocycles. The first-order valence-corrected chi connectivity index (χ1v) is 6.34. The zero-order chi connectivity index (χ0) is 11.2. The molecule has 0 bridgehead atoms. The van der Waals surface area contributed by atoms with Crippen molar-refractivity contribution in [2.24, 2.45) is 0 Å². The minimum atomic E-state index is 0.253. The average Bonchev–Trinajstić information content (AvgIpc) is 2.26. The summed E-state index contributed by atoms with van der Waals surface area (Å²) < 4.78 is 0. The topological polar surface area (TPSA) is 32.3 Å². The SMILES string of the molecule is C=CCCCCCCCCCNCCO. The molecule has 0 aromatic rings. The predicted molar refractivity (Wildman–Crippen MR) is 67.1 cm³/mol. The van der Waals surface area contributed by atoms with Crippen molar-refractivity contribution in [2.45, 2.75) is 51.4 Å². The molecule has 0 saturated heterocycles. The number of unbranched alkanes of at least 4 members (excludes halogenated alkanes) is 7. The Balaban J connectivity index is 2.83. The number of allylic oxidation sites excluding steroid dienone is 1. The van der Waals surface area contributed by atoms with E-state index in [0.29, 0.717) is 0 Å². The van der Waals surface area contributed by atoms with Gasteiger partial charge in [0.2, 0.25) is 0 Å². The van der Waals surface area contributed by atoms with E-state index < -0.39 is 0 Å². The summed E-state index contributed by atoms with van der Waals surface area (Å²) >= 11 is 0. The molecule has 0 radical (unpaired) electrons. The number of hydrogen-bond acceptors (Lipinski definition) is 2. The van der Waals surface area contributed by atoms with Gasteiger partial charge in [0, 0.05) is 6.54 Å². The Morgan fingerprint density at radius 3 is 2.07 bits per heavy atom. The molecule has 2 heteroatoms. The van der Waals surface area contributed by atoms with Crippen LogP contribution in [0.1, 0.15) is 51.4 Å². The Hall–Kier alpha value is -0.340. The zero-order valence-electron chi connectivity index (χ0n) is 10.0. The van der Waals surface area contributed by atoms with E-state index in [-0.39, 0.29) is 6.61 Å². The minimum absolute atomic E-state index is 0.253. The summed E-state index contributed by atoms with van der Waals surface area (Å²) in [5.74, 6) is 0. The summed E-state index contributed by atoms with van der Waals surface area (Å²) in [7, 11) is 0. The second-order valence-electron chi connectivity index (χ2n) is 4.03. The lowest BCUT2D eigenvalue weighted by Gasteiger charge is -2.02. The first-order chi connectivity index (χ1) is 7.41. The molecule has 2 nitrogen and oxygen atoms in total. The summed E-state index contributed by atoms with van der Waals surface area (Å²) in [6.45, 7) is 5.76. The van der Waals surface area contributed by atoms with Crippen LogP contribution in [0.15, 0.2) is 12.7 Å². The molecule has 0 saturated carbocycles. The molecule has 0 spiro atoms. The van der Waals surface area contributed by atoms with Crippen LogP contribution in [-0.2, 0) is 0 Å². The summed E-state index contributed by atoms with van der Waals surface area (Å²) in [5.41, 5.74) is 0. The van der Waals surface area contributed by atoms with E-state index in [1.54, 1.807) is 0 Å². The summed E-state index contributed by atoms with van der Waals surface area (Å²) in [6, 6.07) is 0. The van der Waals surface area contributed by atoms with Gasteiger partial charge in [-0.2, -0.15) is 0 Å². The second-order valence-corrected chi connectivity index (χ2v) is 4.03. The van der Waals surface area contributed by atoms with Crippen molar-refractivity contribution in [1.29, 1.82) is 0 Å². The van der Waals surface area contributed by atoms with E-state index in [1.807, 2.05) is 6.08 Å². The van der Waals surface area contributed by atoms with E-state index in [2.05, 4.69) is 11.9 Å². The smallest absolute Gasteiger partial charge is 0.0555 e. The maximum absolute atomic E-state index is 8.54. The van der Waals surface area contributed by atoms with Crippen LogP contribution in [-0.4, -0.2) is 24.8 Å². The van der Waals surface area contributed by atoms with E-state index in [4.69, 9.17) is 5.11 Å². The fraction of sp³-hybridized carbons (Fsp3) is 0.846. The minimum Gasteiger partial charge on any atom is -0.395 e. The lowest BCUT2D eigenvalue weighted by atomic mass is 10.1. The average molecular weight is 213 g/mol. The molecule has 15 heavy (non-hydrogen) atoms. The Labute approximate surface area is 94.8 Å². The van der Waals surface area contributed by atoms with Gasteiger partial charge in [-0.3, -0.25) is 0 Å². The van der Waals surface area contributed by atoms with Gasteiger partial charge in [-0.05, 0) is 25.8 Å². The molecule has 0 aromatic carbocycles. The van der Waals surface area contributed by atoms with Crippen LogP contribution in [0.2, 0.25) is 0 Å². The lowest BCUT2D eigenvalue weighted by molar-refractivity contribution is 0.292. The normalized spacial score (nSPS) is 10.5. The molecular weight excluding hydrogens is 186 g/mol. The molecule has 0 heterocycles. The van der Waals surface area contributed by atoms with Crippen LogP contribution >= 0.6 is 0 Å². The van der Waals surface area contributed by atoms with E-state index in [9.17, 15) is 0 Å². The number of aliphatic hydroxyl groups excluding tert-OH is 1. The molecule has 0 aliphatic rings. The van der Waals surface area contributed by atoms with Crippen molar-refractivity contribution in [1.82, 2.24) is 5.32 Å². The van der Waals surface area contributed by atoms with Crippen molar-refractivity contribution in [3.05, 3.63) is 12.7 Å². The van der Waals surface area contributed by atoms with Gasteiger partial charge in [0.25, 0.3) is 0 Å². The van der Waals surface area contributed by atoms with Crippen LogP contribution in [0.25, 0.3) is 0 Å². The van der Waals surface area contributed by atoms with Crippen molar-refractivity contribution < 1.29 is 5.11 Å². The molecular formula is C13H27NO. The third-order valence-electron chi connectivity index (χ3n) is 2.55. The van der Waals surface area contributed by atoms with Crippen molar-refractivity contribution in [2.75, 3.05) is 19.7 Å². The first-order valence-electron chi connectivity index (χ1n) is 6.34. The second kappa shape index (κ2) is 13.7. The molecule has 0 fully saturated rings. The number of nitrogens with one attached hydrogen (secondary N) is 1. The third kappa shape index (κ3) is 13.7. The highest BCUT2D eigenvalue weighted by atomic mass is 16.3.